The summed E-state index contributed by atoms with van der Waals surface area (Å²) in [6, 6.07) is 12.1. The zero-order valence-corrected chi connectivity index (χ0v) is 16.7. The van der Waals surface area contributed by atoms with Crippen molar-refractivity contribution in [2.24, 2.45) is 7.05 Å². The van der Waals surface area contributed by atoms with Gasteiger partial charge in [-0.1, -0.05) is 30.0 Å². The van der Waals surface area contributed by atoms with E-state index in [1.165, 1.54) is 23.9 Å². The molecule has 28 heavy (non-hydrogen) atoms. The van der Waals surface area contributed by atoms with Gasteiger partial charge < -0.3 is 14.6 Å². The molecule has 0 unspecified atom stereocenters. The molecular formula is C20H21FN4O2S. The van der Waals surface area contributed by atoms with Crippen LogP contribution in [-0.2, 0) is 18.3 Å². The van der Waals surface area contributed by atoms with Gasteiger partial charge in [-0.15, -0.1) is 10.2 Å². The van der Waals surface area contributed by atoms with E-state index >= 15 is 0 Å². The number of thioether (sulfide) groups is 1. The van der Waals surface area contributed by atoms with Crippen molar-refractivity contribution in [3.63, 3.8) is 0 Å². The Morgan fingerprint density at radius 2 is 1.96 bits per heavy atom. The highest BCUT2D eigenvalue weighted by molar-refractivity contribution is 7.99. The number of nitrogens with one attached hydrogen (secondary N) is 1. The van der Waals surface area contributed by atoms with Crippen LogP contribution in [0.15, 0.2) is 47.6 Å². The lowest BCUT2D eigenvalue weighted by atomic mass is 10.1. The van der Waals surface area contributed by atoms with Crippen molar-refractivity contribution in [2.75, 3.05) is 18.2 Å². The average molecular weight is 400 g/mol. The summed E-state index contributed by atoms with van der Waals surface area (Å²) in [4.78, 5) is 12.2. The first-order valence-corrected chi connectivity index (χ1v) is 9.65. The Balaban J connectivity index is 1.59. The summed E-state index contributed by atoms with van der Waals surface area (Å²) < 4.78 is 20.4. The summed E-state index contributed by atoms with van der Waals surface area (Å²) >= 11 is 1.29. The zero-order chi connectivity index (χ0) is 20.1. The van der Waals surface area contributed by atoms with E-state index in [1.54, 1.807) is 13.2 Å². The van der Waals surface area contributed by atoms with Gasteiger partial charge in [0.05, 0.1) is 12.9 Å². The number of benzene rings is 2. The highest BCUT2D eigenvalue weighted by Gasteiger charge is 2.13. The number of carbonyl (C=O) groups is 1. The second-order valence-corrected chi connectivity index (χ2v) is 7.22. The molecule has 1 aromatic heterocycles. The molecule has 1 amide bonds. The Bertz CT molecular complexity index is 973. The van der Waals surface area contributed by atoms with Gasteiger partial charge in [0.25, 0.3) is 0 Å². The first-order valence-electron chi connectivity index (χ1n) is 8.66. The van der Waals surface area contributed by atoms with Crippen LogP contribution in [0.2, 0.25) is 0 Å². The molecule has 0 spiro atoms. The van der Waals surface area contributed by atoms with Crippen molar-refractivity contribution in [1.29, 1.82) is 0 Å². The van der Waals surface area contributed by atoms with Crippen molar-refractivity contribution in [2.45, 2.75) is 18.5 Å². The fourth-order valence-corrected chi connectivity index (χ4v) is 3.33. The van der Waals surface area contributed by atoms with E-state index in [4.69, 9.17) is 4.74 Å². The predicted octanol–water partition coefficient (Wildman–Crippen LogP) is 3.59. The normalized spacial score (nSPS) is 10.7. The maximum absolute atomic E-state index is 13.3. The molecule has 1 N–H and O–H groups in total. The number of hydrogen-bond acceptors (Lipinski definition) is 5. The summed E-state index contributed by atoms with van der Waals surface area (Å²) in [5, 5.41) is 11.8. The summed E-state index contributed by atoms with van der Waals surface area (Å²) in [5.41, 5.74) is 2.37. The van der Waals surface area contributed by atoms with E-state index in [2.05, 4.69) is 15.5 Å². The number of anilines is 1. The van der Waals surface area contributed by atoms with Crippen molar-refractivity contribution in [3.8, 4) is 5.75 Å². The molecule has 3 aromatic rings. The van der Waals surface area contributed by atoms with Gasteiger partial charge in [-0.2, -0.15) is 0 Å². The van der Waals surface area contributed by atoms with Crippen LogP contribution in [0, 0.1) is 12.7 Å². The Kier molecular flexibility index (Phi) is 6.30. The molecular weight excluding hydrogens is 379 g/mol. The van der Waals surface area contributed by atoms with E-state index in [1.807, 2.05) is 42.8 Å². The molecule has 0 fully saturated rings. The van der Waals surface area contributed by atoms with Gasteiger partial charge in [0.1, 0.15) is 17.4 Å². The van der Waals surface area contributed by atoms with Crippen molar-refractivity contribution < 1.29 is 13.9 Å². The second-order valence-electron chi connectivity index (χ2n) is 6.28. The van der Waals surface area contributed by atoms with Crippen LogP contribution in [0.25, 0.3) is 0 Å². The number of aromatic nitrogens is 3. The Labute approximate surface area is 167 Å². The molecule has 146 valence electrons. The minimum Gasteiger partial charge on any atom is -0.497 e. The van der Waals surface area contributed by atoms with Gasteiger partial charge in [0, 0.05) is 19.2 Å². The Morgan fingerprint density at radius 1 is 1.21 bits per heavy atom. The quantitative estimate of drug-likeness (QED) is 0.614. The van der Waals surface area contributed by atoms with E-state index in [0.29, 0.717) is 17.3 Å². The number of methoxy groups -OCH3 is 1. The first kappa shape index (κ1) is 19.9. The van der Waals surface area contributed by atoms with E-state index in [-0.39, 0.29) is 17.5 Å². The minimum atomic E-state index is -0.384. The molecule has 0 aliphatic carbocycles. The third-order valence-corrected chi connectivity index (χ3v) is 5.27. The molecule has 0 radical (unpaired) electrons. The summed E-state index contributed by atoms with van der Waals surface area (Å²) in [6.45, 7) is 1.82. The third kappa shape index (κ3) is 4.89. The van der Waals surface area contributed by atoms with Crippen LogP contribution in [0.1, 0.15) is 17.0 Å². The maximum Gasteiger partial charge on any atom is 0.234 e. The fourth-order valence-electron chi connectivity index (χ4n) is 2.60. The van der Waals surface area contributed by atoms with E-state index < -0.39 is 0 Å². The highest BCUT2D eigenvalue weighted by atomic mass is 32.2. The highest BCUT2D eigenvalue weighted by Crippen LogP contribution is 2.20. The predicted molar refractivity (Wildman–Crippen MR) is 107 cm³/mol. The summed E-state index contributed by atoms with van der Waals surface area (Å²) in [6.07, 6.45) is 0.628. The number of ether oxygens (including phenoxy) is 1. The zero-order valence-electron chi connectivity index (χ0n) is 15.9. The molecule has 0 bridgehead atoms. The molecule has 0 saturated heterocycles. The minimum absolute atomic E-state index is 0.157. The monoisotopic (exact) mass is 400 g/mol. The van der Waals surface area contributed by atoms with Crippen LogP contribution in [0.3, 0.4) is 0 Å². The lowest BCUT2D eigenvalue weighted by molar-refractivity contribution is -0.113. The number of hydrogen-bond donors (Lipinski definition) is 1. The molecule has 1 heterocycles. The van der Waals surface area contributed by atoms with Crippen molar-refractivity contribution in [3.05, 3.63) is 65.2 Å². The SMILES string of the molecule is COc1ccc(Cc2nnc(SCC(=O)Nc3cc(F)ccc3C)n2C)cc1. The lowest BCUT2D eigenvalue weighted by Crippen LogP contribution is -2.15. The Hall–Kier alpha value is -2.87. The maximum atomic E-state index is 13.3. The van der Waals surface area contributed by atoms with Crippen molar-refractivity contribution in [1.82, 2.24) is 14.8 Å². The van der Waals surface area contributed by atoms with Gasteiger partial charge in [-0.05, 0) is 42.3 Å². The van der Waals surface area contributed by atoms with Gasteiger partial charge in [0.2, 0.25) is 5.91 Å². The molecule has 8 heteroatoms. The summed E-state index contributed by atoms with van der Waals surface area (Å²) in [7, 11) is 3.50. The molecule has 0 aliphatic heterocycles. The Morgan fingerprint density at radius 3 is 2.68 bits per heavy atom. The number of carbonyl (C=O) groups excluding carboxylic acids is 1. The number of aryl methyl sites for hydroxylation is 1. The molecule has 3 rings (SSSR count). The molecule has 2 aromatic carbocycles. The van der Waals surface area contributed by atoms with Gasteiger partial charge in [-0.25, -0.2) is 4.39 Å². The molecule has 0 aliphatic rings. The fraction of sp³-hybridized carbons (Fsp3) is 0.250. The van der Waals surface area contributed by atoms with E-state index in [9.17, 15) is 9.18 Å². The number of rotatable bonds is 7. The topological polar surface area (TPSA) is 69.0 Å². The lowest BCUT2D eigenvalue weighted by Gasteiger charge is -2.08. The van der Waals surface area contributed by atoms with Gasteiger partial charge in [-0.3, -0.25) is 4.79 Å². The molecule has 0 atom stereocenters. The van der Waals surface area contributed by atoms with Crippen LogP contribution in [0.5, 0.6) is 5.75 Å². The summed E-state index contributed by atoms with van der Waals surface area (Å²) in [5.74, 6) is 1.15. The number of nitrogens with zero attached hydrogens (tertiary/aromatic N) is 3. The van der Waals surface area contributed by atoms with Crippen LogP contribution >= 0.6 is 11.8 Å². The standard InChI is InChI=1S/C20H21FN4O2S/c1-13-4-7-15(21)11-17(13)22-19(26)12-28-20-24-23-18(25(20)2)10-14-5-8-16(27-3)9-6-14/h4-9,11H,10,12H2,1-3H3,(H,22,26). The average Bonchev–Trinajstić information content (AvgIpc) is 3.03. The first-order chi connectivity index (χ1) is 13.5. The van der Waals surface area contributed by atoms with Crippen LogP contribution in [0.4, 0.5) is 10.1 Å². The second kappa shape index (κ2) is 8.88. The smallest absolute Gasteiger partial charge is 0.234 e. The van der Waals surface area contributed by atoms with Crippen LogP contribution in [-0.4, -0.2) is 33.5 Å². The van der Waals surface area contributed by atoms with Gasteiger partial charge >= 0.3 is 0 Å². The van der Waals surface area contributed by atoms with Crippen molar-refractivity contribution >= 4 is 23.4 Å². The van der Waals surface area contributed by atoms with Gasteiger partial charge in [0.15, 0.2) is 5.16 Å². The largest absolute Gasteiger partial charge is 0.497 e. The third-order valence-electron chi connectivity index (χ3n) is 4.25. The number of halogens is 1. The number of amides is 1. The molecule has 0 saturated carbocycles. The molecule has 6 nitrogen and oxygen atoms in total. The van der Waals surface area contributed by atoms with Crippen LogP contribution < -0.4 is 10.1 Å². The van der Waals surface area contributed by atoms with E-state index in [0.717, 1.165) is 22.7 Å².